The van der Waals surface area contributed by atoms with Crippen LogP contribution in [0, 0.1) is 0 Å². The highest BCUT2D eigenvalue weighted by Crippen LogP contribution is 1.96. The van der Waals surface area contributed by atoms with Crippen molar-refractivity contribution in [2.24, 2.45) is 4.99 Å². The van der Waals surface area contributed by atoms with Crippen LogP contribution in [0.2, 0.25) is 0 Å². The Labute approximate surface area is 85.3 Å². The zero-order chi connectivity index (χ0) is 10.2. The Morgan fingerprint density at radius 3 is 3.00 bits per heavy atom. The lowest BCUT2D eigenvalue weighted by molar-refractivity contribution is 0.734. The second-order valence-electron chi connectivity index (χ2n) is 3.14. The lowest BCUT2D eigenvalue weighted by atomic mass is 10.2. The molecule has 0 saturated carbocycles. The Hall–Kier alpha value is -1.22. The van der Waals surface area contributed by atoms with Crippen LogP contribution in [0.25, 0.3) is 0 Å². The molecular formula is C11H17N3. The van der Waals surface area contributed by atoms with E-state index in [1.807, 2.05) is 32.2 Å². The fourth-order valence-corrected chi connectivity index (χ4v) is 1.16. The predicted octanol–water partition coefficient (Wildman–Crippen LogP) is 1.50. The number of aromatic nitrogens is 1. The Balaban J connectivity index is 2.44. The van der Waals surface area contributed by atoms with Crippen molar-refractivity contribution in [2.45, 2.75) is 13.3 Å². The molecule has 1 aromatic rings. The summed E-state index contributed by atoms with van der Waals surface area (Å²) in [5, 5.41) is 3.10. The molecule has 1 aromatic heterocycles. The molecular weight excluding hydrogens is 174 g/mol. The molecule has 0 aliphatic rings. The first-order chi connectivity index (χ1) is 6.84. The van der Waals surface area contributed by atoms with Crippen LogP contribution < -0.4 is 5.32 Å². The fraction of sp³-hybridized carbons (Fsp3) is 0.455. The van der Waals surface area contributed by atoms with Crippen LogP contribution in [0.3, 0.4) is 0 Å². The quantitative estimate of drug-likeness (QED) is 0.565. The summed E-state index contributed by atoms with van der Waals surface area (Å²) >= 11 is 0. The molecule has 0 aliphatic heterocycles. The molecule has 0 bridgehead atoms. The summed E-state index contributed by atoms with van der Waals surface area (Å²) < 4.78 is 0. The number of rotatable bonds is 5. The first kappa shape index (κ1) is 10.9. The SMILES string of the molecule is CNCCCN=C(C)c1ccccn1. The molecule has 1 heterocycles. The highest BCUT2D eigenvalue weighted by molar-refractivity contribution is 5.96. The molecule has 0 unspecified atom stereocenters. The number of nitrogens with zero attached hydrogens (tertiary/aromatic N) is 2. The Morgan fingerprint density at radius 2 is 2.36 bits per heavy atom. The van der Waals surface area contributed by atoms with Crippen molar-refractivity contribution < 1.29 is 0 Å². The largest absolute Gasteiger partial charge is 0.320 e. The van der Waals surface area contributed by atoms with Gasteiger partial charge >= 0.3 is 0 Å². The number of pyridine rings is 1. The van der Waals surface area contributed by atoms with Crippen molar-refractivity contribution in [1.29, 1.82) is 0 Å². The van der Waals surface area contributed by atoms with Gasteiger partial charge in [0.15, 0.2) is 0 Å². The Bertz CT molecular complexity index is 280. The van der Waals surface area contributed by atoms with E-state index in [9.17, 15) is 0 Å². The standard InChI is InChI=1S/C11H17N3/c1-10(13-9-5-7-12-2)11-6-3-4-8-14-11/h3-4,6,8,12H,5,7,9H2,1-2H3. The molecule has 0 fully saturated rings. The molecule has 0 atom stereocenters. The van der Waals surface area contributed by atoms with Gasteiger partial charge in [-0.2, -0.15) is 0 Å². The maximum absolute atomic E-state index is 4.45. The average molecular weight is 191 g/mol. The van der Waals surface area contributed by atoms with Crippen molar-refractivity contribution in [3.05, 3.63) is 30.1 Å². The third-order valence-corrected chi connectivity index (χ3v) is 1.97. The molecule has 0 spiro atoms. The van der Waals surface area contributed by atoms with Crippen LogP contribution in [-0.4, -0.2) is 30.8 Å². The van der Waals surface area contributed by atoms with Crippen LogP contribution in [0.5, 0.6) is 0 Å². The van der Waals surface area contributed by atoms with Crippen LogP contribution >= 0.6 is 0 Å². The summed E-state index contributed by atoms with van der Waals surface area (Å²) in [7, 11) is 1.95. The van der Waals surface area contributed by atoms with E-state index >= 15 is 0 Å². The van der Waals surface area contributed by atoms with Gasteiger partial charge in [-0.1, -0.05) is 6.07 Å². The van der Waals surface area contributed by atoms with Gasteiger partial charge in [-0.15, -0.1) is 0 Å². The minimum absolute atomic E-state index is 0.864. The van der Waals surface area contributed by atoms with Crippen molar-refractivity contribution >= 4 is 5.71 Å². The summed E-state index contributed by atoms with van der Waals surface area (Å²) in [6.07, 6.45) is 2.86. The summed E-state index contributed by atoms with van der Waals surface area (Å²) in [5.74, 6) is 0. The second-order valence-corrected chi connectivity index (χ2v) is 3.14. The van der Waals surface area contributed by atoms with Crippen molar-refractivity contribution in [3.63, 3.8) is 0 Å². The fourth-order valence-electron chi connectivity index (χ4n) is 1.16. The molecule has 0 radical (unpaired) electrons. The van der Waals surface area contributed by atoms with Crippen LogP contribution in [0.1, 0.15) is 19.0 Å². The first-order valence-electron chi connectivity index (χ1n) is 4.91. The van der Waals surface area contributed by atoms with Gasteiger partial charge < -0.3 is 5.32 Å². The van der Waals surface area contributed by atoms with Crippen LogP contribution in [0.15, 0.2) is 29.4 Å². The smallest absolute Gasteiger partial charge is 0.0836 e. The third kappa shape index (κ3) is 3.66. The molecule has 0 aromatic carbocycles. The van der Waals surface area contributed by atoms with Gasteiger partial charge in [0, 0.05) is 12.7 Å². The topological polar surface area (TPSA) is 37.3 Å². The van der Waals surface area contributed by atoms with Gasteiger partial charge in [-0.25, -0.2) is 0 Å². The lowest BCUT2D eigenvalue weighted by Gasteiger charge is -1.99. The Morgan fingerprint density at radius 1 is 1.50 bits per heavy atom. The molecule has 3 heteroatoms. The number of hydrogen-bond donors (Lipinski definition) is 1. The zero-order valence-corrected chi connectivity index (χ0v) is 8.83. The number of hydrogen-bond acceptors (Lipinski definition) is 3. The monoisotopic (exact) mass is 191 g/mol. The van der Waals surface area contributed by atoms with E-state index in [0.717, 1.165) is 30.9 Å². The molecule has 14 heavy (non-hydrogen) atoms. The van der Waals surface area contributed by atoms with Gasteiger partial charge in [-0.3, -0.25) is 9.98 Å². The summed E-state index contributed by atoms with van der Waals surface area (Å²) in [6.45, 7) is 3.88. The third-order valence-electron chi connectivity index (χ3n) is 1.97. The summed E-state index contributed by atoms with van der Waals surface area (Å²) in [5.41, 5.74) is 1.98. The summed E-state index contributed by atoms with van der Waals surface area (Å²) in [6, 6.07) is 5.88. The zero-order valence-electron chi connectivity index (χ0n) is 8.83. The molecule has 0 saturated heterocycles. The average Bonchev–Trinajstić information content (AvgIpc) is 2.25. The predicted molar refractivity (Wildman–Crippen MR) is 59.9 cm³/mol. The molecule has 1 N–H and O–H groups in total. The van der Waals surface area contributed by atoms with Crippen molar-refractivity contribution in [3.8, 4) is 0 Å². The van der Waals surface area contributed by atoms with Gasteiger partial charge in [0.25, 0.3) is 0 Å². The molecule has 0 amide bonds. The molecule has 0 aliphatic carbocycles. The maximum atomic E-state index is 4.45. The molecule has 1 rings (SSSR count). The summed E-state index contributed by atoms with van der Waals surface area (Å²) in [4.78, 5) is 8.68. The lowest BCUT2D eigenvalue weighted by Crippen LogP contribution is -2.09. The van der Waals surface area contributed by atoms with Gasteiger partial charge in [0.1, 0.15) is 0 Å². The van der Waals surface area contributed by atoms with E-state index in [2.05, 4.69) is 15.3 Å². The van der Waals surface area contributed by atoms with Gasteiger partial charge in [0.2, 0.25) is 0 Å². The van der Waals surface area contributed by atoms with E-state index in [4.69, 9.17) is 0 Å². The van der Waals surface area contributed by atoms with Crippen molar-refractivity contribution in [2.75, 3.05) is 20.1 Å². The first-order valence-corrected chi connectivity index (χ1v) is 4.91. The number of nitrogens with one attached hydrogen (secondary N) is 1. The normalized spacial score (nSPS) is 11.7. The number of aliphatic imine (C=N–C) groups is 1. The van der Waals surface area contributed by atoms with Gasteiger partial charge in [-0.05, 0) is 39.1 Å². The molecule has 3 nitrogen and oxygen atoms in total. The highest BCUT2D eigenvalue weighted by Gasteiger charge is 1.95. The van der Waals surface area contributed by atoms with E-state index in [1.54, 1.807) is 6.20 Å². The minimum Gasteiger partial charge on any atom is -0.320 e. The van der Waals surface area contributed by atoms with E-state index in [0.29, 0.717) is 0 Å². The minimum atomic E-state index is 0.864. The second kappa shape index (κ2) is 6.27. The van der Waals surface area contributed by atoms with Gasteiger partial charge in [0.05, 0.1) is 11.4 Å². The Kier molecular flexibility index (Phi) is 4.86. The van der Waals surface area contributed by atoms with Crippen molar-refractivity contribution in [1.82, 2.24) is 10.3 Å². The van der Waals surface area contributed by atoms with Crippen LogP contribution in [0.4, 0.5) is 0 Å². The van der Waals surface area contributed by atoms with E-state index < -0.39 is 0 Å². The molecule has 76 valence electrons. The van der Waals surface area contributed by atoms with E-state index in [-0.39, 0.29) is 0 Å². The van der Waals surface area contributed by atoms with E-state index in [1.165, 1.54) is 0 Å². The highest BCUT2D eigenvalue weighted by atomic mass is 14.8. The van der Waals surface area contributed by atoms with Crippen LogP contribution in [-0.2, 0) is 0 Å². The maximum Gasteiger partial charge on any atom is 0.0836 e.